The Balaban J connectivity index is 2.79. The van der Waals surface area contributed by atoms with Gasteiger partial charge in [0.05, 0.1) is 12.2 Å². The average molecular weight is 179 g/mol. The van der Waals surface area contributed by atoms with Gasteiger partial charge < -0.3 is 4.74 Å². The number of dihydropyridines is 1. The van der Waals surface area contributed by atoms with E-state index in [2.05, 4.69) is 11.6 Å². The molecule has 1 aliphatic rings. The molecule has 0 atom stereocenters. The van der Waals surface area contributed by atoms with Crippen molar-refractivity contribution in [2.75, 3.05) is 6.61 Å². The fourth-order valence-electron chi connectivity index (χ4n) is 0.824. The summed E-state index contributed by atoms with van der Waals surface area (Å²) in [5.74, 6) is -0.909. The Kier molecular flexibility index (Phi) is 2.74. The van der Waals surface area contributed by atoms with E-state index in [0.717, 1.165) is 0 Å². The molecule has 0 N–H and O–H groups in total. The largest absolute Gasteiger partial charge is 0.462 e. The van der Waals surface area contributed by atoms with Crippen molar-refractivity contribution in [1.29, 1.82) is 0 Å². The van der Waals surface area contributed by atoms with Crippen LogP contribution in [-0.4, -0.2) is 24.7 Å². The van der Waals surface area contributed by atoms with Gasteiger partial charge in [-0.05, 0) is 13.0 Å². The lowest BCUT2D eigenvalue weighted by Crippen LogP contribution is -2.13. The van der Waals surface area contributed by atoms with E-state index < -0.39 is 11.9 Å². The molecule has 0 aliphatic carbocycles. The summed E-state index contributed by atoms with van der Waals surface area (Å²) < 4.78 is 4.71. The minimum absolute atomic E-state index is 0.200. The maximum atomic E-state index is 11.1. The van der Waals surface area contributed by atoms with Crippen molar-refractivity contribution in [2.24, 2.45) is 4.99 Å². The predicted molar refractivity (Wildman–Crippen MR) is 47.4 cm³/mol. The summed E-state index contributed by atoms with van der Waals surface area (Å²) in [5.41, 5.74) is 0.456. The second-order valence-corrected chi connectivity index (χ2v) is 2.41. The van der Waals surface area contributed by atoms with Crippen LogP contribution in [0.3, 0.4) is 0 Å². The molecule has 0 saturated heterocycles. The van der Waals surface area contributed by atoms with Crippen LogP contribution >= 0.6 is 0 Å². The maximum Gasteiger partial charge on any atom is 0.339 e. The van der Waals surface area contributed by atoms with E-state index in [4.69, 9.17) is 4.74 Å². The van der Waals surface area contributed by atoms with E-state index >= 15 is 0 Å². The maximum absolute atomic E-state index is 11.1. The van der Waals surface area contributed by atoms with Crippen LogP contribution in [0.4, 0.5) is 0 Å². The van der Waals surface area contributed by atoms with Gasteiger partial charge in [-0.1, -0.05) is 6.58 Å². The Bertz CT molecular complexity index is 326. The molecule has 4 heteroatoms. The molecule has 0 radical (unpaired) electrons. The summed E-state index contributed by atoms with van der Waals surface area (Å²) in [6.45, 7) is 5.44. The first kappa shape index (κ1) is 9.38. The third-order valence-corrected chi connectivity index (χ3v) is 1.44. The van der Waals surface area contributed by atoms with Crippen LogP contribution in [-0.2, 0) is 14.3 Å². The quantitative estimate of drug-likeness (QED) is 0.461. The highest BCUT2D eigenvalue weighted by molar-refractivity contribution is 6.18. The first-order valence-corrected chi connectivity index (χ1v) is 3.81. The zero-order valence-electron chi connectivity index (χ0n) is 7.24. The standard InChI is InChI=1S/C9H9NO3/c1-3-13-9(12)7-4-6(2)8(11)10-5-7/h4-5H,2-3H2,1H3. The van der Waals surface area contributed by atoms with Gasteiger partial charge in [0.1, 0.15) is 0 Å². The highest BCUT2D eigenvalue weighted by atomic mass is 16.5. The van der Waals surface area contributed by atoms with Crippen molar-refractivity contribution >= 4 is 18.1 Å². The number of carbonyl (C=O) groups excluding carboxylic acids is 2. The molecule has 0 spiro atoms. The number of carbonyl (C=O) groups is 2. The topological polar surface area (TPSA) is 55.7 Å². The van der Waals surface area contributed by atoms with Gasteiger partial charge in [0.15, 0.2) is 0 Å². The van der Waals surface area contributed by atoms with E-state index in [-0.39, 0.29) is 11.1 Å². The molecular weight excluding hydrogens is 170 g/mol. The van der Waals surface area contributed by atoms with Gasteiger partial charge in [0.25, 0.3) is 5.91 Å². The van der Waals surface area contributed by atoms with Gasteiger partial charge in [0.2, 0.25) is 0 Å². The molecule has 1 amide bonds. The van der Waals surface area contributed by atoms with Crippen LogP contribution in [0.1, 0.15) is 6.92 Å². The molecule has 0 aromatic rings. The number of hydrogen-bond donors (Lipinski definition) is 0. The minimum atomic E-state index is -0.486. The fraction of sp³-hybridized carbons (Fsp3) is 0.222. The highest BCUT2D eigenvalue weighted by Crippen LogP contribution is 2.08. The second-order valence-electron chi connectivity index (χ2n) is 2.41. The lowest BCUT2D eigenvalue weighted by atomic mass is 10.1. The first-order valence-electron chi connectivity index (χ1n) is 3.81. The van der Waals surface area contributed by atoms with E-state index in [0.29, 0.717) is 6.61 Å². The van der Waals surface area contributed by atoms with E-state index in [1.54, 1.807) is 6.92 Å². The fourth-order valence-corrected chi connectivity index (χ4v) is 0.824. The van der Waals surface area contributed by atoms with Crippen LogP contribution in [0.5, 0.6) is 0 Å². The monoisotopic (exact) mass is 179 g/mol. The van der Waals surface area contributed by atoms with Crippen molar-refractivity contribution < 1.29 is 14.3 Å². The van der Waals surface area contributed by atoms with Crippen molar-refractivity contribution in [2.45, 2.75) is 6.92 Å². The van der Waals surface area contributed by atoms with Crippen molar-refractivity contribution in [3.63, 3.8) is 0 Å². The van der Waals surface area contributed by atoms with Crippen LogP contribution in [0.15, 0.2) is 28.8 Å². The molecule has 0 aromatic heterocycles. The number of hydrogen-bond acceptors (Lipinski definition) is 3. The Labute approximate surface area is 75.6 Å². The number of rotatable bonds is 2. The summed E-state index contributed by atoms with van der Waals surface area (Å²) in [5, 5.41) is 0. The molecule has 1 rings (SSSR count). The average Bonchev–Trinajstić information content (AvgIpc) is 2.10. The summed E-state index contributed by atoms with van der Waals surface area (Å²) >= 11 is 0. The zero-order valence-corrected chi connectivity index (χ0v) is 7.24. The van der Waals surface area contributed by atoms with Gasteiger partial charge >= 0.3 is 5.97 Å². The van der Waals surface area contributed by atoms with Gasteiger partial charge in [0, 0.05) is 11.8 Å². The summed E-state index contributed by atoms with van der Waals surface area (Å²) in [7, 11) is 0. The third-order valence-electron chi connectivity index (χ3n) is 1.44. The van der Waals surface area contributed by atoms with E-state index in [1.165, 1.54) is 12.3 Å². The Morgan fingerprint density at radius 3 is 2.92 bits per heavy atom. The predicted octanol–water partition coefficient (Wildman–Crippen LogP) is 0.643. The summed E-state index contributed by atoms with van der Waals surface area (Å²) in [4.78, 5) is 25.4. The Morgan fingerprint density at radius 1 is 1.69 bits per heavy atom. The number of nitrogens with zero attached hydrogens (tertiary/aromatic N) is 1. The molecule has 0 fully saturated rings. The van der Waals surface area contributed by atoms with Crippen LogP contribution in [0.2, 0.25) is 0 Å². The molecule has 13 heavy (non-hydrogen) atoms. The van der Waals surface area contributed by atoms with Crippen LogP contribution in [0.25, 0.3) is 0 Å². The summed E-state index contributed by atoms with van der Waals surface area (Å²) in [6, 6.07) is 0. The zero-order chi connectivity index (χ0) is 9.84. The Morgan fingerprint density at radius 2 is 2.38 bits per heavy atom. The minimum Gasteiger partial charge on any atom is -0.462 e. The number of ether oxygens (including phenoxy) is 1. The van der Waals surface area contributed by atoms with Gasteiger partial charge in [-0.15, -0.1) is 0 Å². The van der Waals surface area contributed by atoms with Crippen molar-refractivity contribution in [3.05, 3.63) is 23.8 Å². The lowest BCUT2D eigenvalue weighted by Gasteiger charge is -2.05. The van der Waals surface area contributed by atoms with Gasteiger partial charge in [-0.3, -0.25) is 4.79 Å². The van der Waals surface area contributed by atoms with Crippen molar-refractivity contribution in [3.8, 4) is 0 Å². The van der Waals surface area contributed by atoms with E-state index in [1.807, 2.05) is 0 Å². The molecule has 1 aliphatic heterocycles. The van der Waals surface area contributed by atoms with E-state index in [9.17, 15) is 9.59 Å². The number of amides is 1. The molecule has 0 saturated carbocycles. The highest BCUT2D eigenvalue weighted by Gasteiger charge is 2.15. The van der Waals surface area contributed by atoms with Crippen LogP contribution < -0.4 is 0 Å². The molecule has 0 aromatic carbocycles. The summed E-state index contributed by atoms with van der Waals surface area (Å²) in [6.07, 6.45) is 2.56. The van der Waals surface area contributed by atoms with Gasteiger partial charge in [-0.25, -0.2) is 9.79 Å². The molecule has 68 valence electrons. The lowest BCUT2D eigenvalue weighted by molar-refractivity contribution is -0.137. The SMILES string of the molecule is C=C1C=C(C(=O)OCC)C=NC1=O. The Hall–Kier alpha value is -1.71. The van der Waals surface area contributed by atoms with Crippen molar-refractivity contribution in [1.82, 2.24) is 0 Å². The number of esters is 1. The molecule has 0 unspecified atom stereocenters. The molecule has 0 bridgehead atoms. The second kappa shape index (κ2) is 3.80. The molecular formula is C9H9NO3. The molecule has 4 nitrogen and oxygen atoms in total. The smallest absolute Gasteiger partial charge is 0.339 e. The normalized spacial score (nSPS) is 15.6. The first-order chi connectivity index (χ1) is 6.15. The van der Waals surface area contributed by atoms with Gasteiger partial charge in [-0.2, -0.15) is 0 Å². The third kappa shape index (κ3) is 2.11. The van der Waals surface area contributed by atoms with Crippen LogP contribution in [0, 0.1) is 0 Å². The molecule has 1 heterocycles. The number of aliphatic imine (C=N–C) groups is 1.